The van der Waals surface area contributed by atoms with Crippen molar-refractivity contribution in [1.82, 2.24) is 0 Å². The first-order valence-electron chi connectivity index (χ1n) is 9.20. The number of pyridine rings is 1. The van der Waals surface area contributed by atoms with Crippen molar-refractivity contribution in [2.45, 2.75) is 52.6 Å². The van der Waals surface area contributed by atoms with Gasteiger partial charge in [0.05, 0.1) is 30.1 Å². The van der Waals surface area contributed by atoms with E-state index in [-0.39, 0.29) is 11.7 Å². The normalized spacial score (nSPS) is 20.6. The molecular weight excluding hydrogens is 316 g/mol. The first kappa shape index (κ1) is 17.7. The number of aromatic hydroxyl groups is 1. The van der Waals surface area contributed by atoms with Crippen molar-refractivity contribution in [1.29, 1.82) is 0 Å². The summed E-state index contributed by atoms with van der Waals surface area (Å²) in [7, 11) is 0. The molecule has 2 atom stereocenters. The molecule has 1 aliphatic rings. The quantitative estimate of drug-likeness (QED) is 0.832. The topological polar surface area (TPSA) is 65.1 Å². The van der Waals surface area contributed by atoms with Crippen molar-refractivity contribution in [2.75, 3.05) is 13.2 Å². The molecule has 1 aromatic heterocycles. The SMILES string of the molecule is CCOC(=O)c1ccc2[nH+]c(C)c(C[NH+]3CCCCC3C)c(O)c2c1. The Morgan fingerprint density at radius 3 is 2.92 bits per heavy atom. The smallest absolute Gasteiger partial charge is 0.338 e. The van der Waals surface area contributed by atoms with Gasteiger partial charge in [-0.15, -0.1) is 0 Å². The number of hydrogen-bond acceptors (Lipinski definition) is 3. The molecule has 0 spiro atoms. The number of aromatic nitrogens is 1. The molecule has 0 saturated carbocycles. The number of piperidine rings is 1. The molecule has 1 fully saturated rings. The van der Waals surface area contributed by atoms with Gasteiger partial charge in [-0.1, -0.05) is 0 Å². The lowest BCUT2D eigenvalue weighted by Gasteiger charge is -2.30. The van der Waals surface area contributed by atoms with Gasteiger partial charge in [0.15, 0.2) is 5.69 Å². The predicted octanol–water partition coefficient (Wildman–Crippen LogP) is 1.80. The van der Waals surface area contributed by atoms with Crippen LogP contribution >= 0.6 is 0 Å². The molecule has 2 aromatic rings. The van der Waals surface area contributed by atoms with Gasteiger partial charge in [-0.05, 0) is 45.2 Å². The van der Waals surface area contributed by atoms with E-state index in [1.165, 1.54) is 24.2 Å². The number of carbonyl (C=O) groups excluding carboxylic acids is 1. The number of ether oxygens (including phenoxy) is 1. The fraction of sp³-hybridized carbons (Fsp3) is 0.500. The minimum absolute atomic E-state index is 0.280. The van der Waals surface area contributed by atoms with Gasteiger partial charge in [-0.25, -0.2) is 9.78 Å². The molecule has 1 saturated heterocycles. The largest absolute Gasteiger partial charge is 0.506 e. The second-order valence-corrected chi connectivity index (χ2v) is 7.04. The van der Waals surface area contributed by atoms with E-state index in [2.05, 4.69) is 11.9 Å². The Morgan fingerprint density at radius 1 is 1.40 bits per heavy atom. The zero-order chi connectivity index (χ0) is 18.0. The highest BCUT2D eigenvalue weighted by Gasteiger charge is 2.27. The summed E-state index contributed by atoms with van der Waals surface area (Å²) >= 11 is 0. The number of aromatic amines is 1. The molecule has 5 nitrogen and oxygen atoms in total. The number of carbonyl (C=O) groups is 1. The third-order valence-corrected chi connectivity index (χ3v) is 5.33. The highest BCUT2D eigenvalue weighted by molar-refractivity contribution is 5.95. The molecule has 1 aromatic carbocycles. The lowest BCUT2D eigenvalue weighted by Crippen LogP contribution is -3.15. The van der Waals surface area contributed by atoms with Crippen LogP contribution in [-0.2, 0) is 11.3 Å². The maximum absolute atomic E-state index is 12.0. The van der Waals surface area contributed by atoms with Crippen molar-refractivity contribution in [2.24, 2.45) is 0 Å². The Morgan fingerprint density at radius 2 is 2.20 bits per heavy atom. The van der Waals surface area contributed by atoms with E-state index < -0.39 is 0 Å². The number of H-pyrrole nitrogens is 1. The maximum Gasteiger partial charge on any atom is 0.338 e. The Kier molecular flexibility index (Phi) is 5.23. The van der Waals surface area contributed by atoms with Crippen LogP contribution in [0.5, 0.6) is 5.75 Å². The summed E-state index contributed by atoms with van der Waals surface area (Å²) < 4.78 is 5.07. The number of rotatable bonds is 4. The number of benzene rings is 1. The summed E-state index contributed by atoms with van der Waals surface area (Å²) in [4.78, 5) is 16.9. The van der Waals surface area contributed by atoms with Gasteiger partial charge >= 0.3 is 5.97 Å². The van der Waals surface area contributed by atoms with Gasteiger partial charge in [-0.3, -0.25) is 0 Å². The summed E-state index contributed by atoms with van der Waals surface area (Å²) in [6.07, 6.45) is 3.77. The first-order valence-corrected chi connectivity index (χ1v) is 9.20. The van der Waals surface area contributed by atoms with E-state index >= 15 is 0 Å². The molecule has 134 valence electrons. The number of hydrogen-bond donors (Lipinski definition) is 2. The van der Waals surface area contributed by atoms with Crippen molar-refractivity contribution in [3.8, 4) is 5.75 Å². The number of likely N-dealkylation sites (tertiary alicyclic amines) is 1. The lowest BCUT2D eigenvalue weighted by atomic mass is 10.0. The average molecular weight is 344 g/mol. The Balaban J connectivity index is 1.99. The zero-order valence-electron chi connectivity index (χ0n) is 15.3. The first-order chi connectivity index (χ1) is 12.0. The van der Waals surface area contributed by atoms with Crippen LogP contribution < -0.4 is 9.88 Å². The molecule has 25 heavy (non-hydrogen) atoms. The summed E-state index contributed by atoms with van der Waals surface area (Å²) in [5, 5.41) is 11.6. The highest BCUT2D eigenvalue weighted by Crippen LogP contribution is 2.28. The molecule has 2 unspecified atom stereocenters. The third kappa shape index (κ3) is 3.61. The average Bonchev–Trinajstić information content (AvgIpc) is 2.60. The molecule has 0 bridgehead atoms. The summed E-state index contributed by atoms with van der Waals surface area (Å²) in [6.45, 7) is 8.35. The monoisotopic (exact) mass is 344 g/mol. The molecule has 3 N–H and O–H groups in total. The Bertz CT molecular complexity index is 788. The maximum atomic E-state index is 12.0. The molecular formula is C20H28N2O3+2. The van der Waals surface area contributed by atoms with Crippen molar-refractivity contribution >= 4 is 16.9 Å². The summed E-state index contributed by atoms with van der Waals surface area (Å²) in [5.74, 6) is -0.0797. The van der Waals surface area contributed by atoms with E-state index in [9.17, 15) is 9.90 Å². The lowest BCUT2D eigenvalue weighted by molar-refractivity contribution is -0.942. The molecule has 5 heteroatoms. The van der Waals surface area contributed by atoms with Crippen LogP contribution in [0.2, 0.25) is 0 Å². The molecule has 2 heterocycles. The fourth-order valence-electron chi connectivity index (χ4n) is 3.77. The van der Waals surface area contributed by atoms with Crippen LogP contribution in [0.4, 0.5) is 0 Å². The summed E-state index contributed by atoms with van der Waals surface area (Å²) in [5.41, 5.74) is 3.22. The van der Waals surface area contributed by atoms with Crippen LogP contribution in [0.15, 0.2) is 18.2 Å². The second-order valence-electron chi connectivity index (χ2n) is 7.04. The van der Waals surface area contributed by atoms with Gasteiger partial charge in [0.2, 0.25) is 5.52 Å². The van der Waals surface area contributed by atoms with Crippen LogP contribution in [0.1, 0.15) is 54.7 Å². The number of quaternary nitrogens is 1. The van der Waals surface area contributed by atoms with Crippen molar-refractivity contribution in [3.05, 3.63) is 35.0 Å². The van der Waals surface area contributed by atoms with E-state index in [0.717, 1.165) is 29.9 Å². The van der Waals surface area contributed by atoms with Gasteiger partial charge in [0.1, 0.15) is 17.9 Å². The number of esters is 1. The fourth-order valence-corrected chi connectivity index (χ4v) is 3.77. The molecule has 0 aliphatic carbocycles. The minimum Gasteiger partial charge on any atom is -0.506 e. The van der Waals surface area contributed by atoms with Crippen LogP contribution in [0.25, 0.3) is 10.9 Å². The van der Waals surface area contributed by atoms with Gasteiger partial charge in [0, 0.05) is 13.0 Å². The van der Waals surface area contributed by atoms with Crippen LogP contribution in [-0.4, -0.2) is 30.3 Å². The van der Waals surface area contributed by atoms with Gasteiger partial charge < -0.3 is 14.7 Å². The van der Waals surface area contributed by atoms with Crippen molar-refractivity contribution in [3.63, 3.8) is 0 Å². The van der Waals surface area contributed by atoms with Crippen LogP contribution in [0, 0.1) is 6.92 Å². The third-order valence-electron chi connectivity index (χ3n) is 5.33. The molecule has 0 amide bonds. The second kappa shape index (κ2) is 7.40. The number of nitrogens with one attached hydrogen (secondary N) is 2. The summed E-state index contributed by atoms with van der Waals surface area (Å²) in [6, 6.07) is 5.88. The predicted molar refractivity (Wildman–Crippen MR) is 95.7 cm³/mol. The highest BCUT2D eigenvalue weighted by atomic mass is 16.5. The molecule has 3 rings (SSSR count). The van der Waals surface area contributed by atoms with E-state index in [4.69, 9.17) is 4.74 Å². The van der Waals surface area contributed by atoms with Crippen molar-refractivity contribution < 1.29 is 24.5 Å². The minimum atomic E-state index is -0.360. The Labute approximate surface area is 148 Å². The number of fused-ring (bicyclic) bond motifs is 1. The van der Waals surface area contributed by atoms with E-state index in [0.29, 0.717) is 23.6 Å². The number of aryl methyl sites for hydroxylation is 1. The standard InChI is InChI=1S/C20H26N2O3/c1-4-25-20(24)15-8-9-18-16(11-15)19(23)17(14(3)21-18)12-22-10-6-5-7-13(22)2/h8-9,11,13H,4-7,10,12H2,1-3H3,(H,21,23)/p+2. The zero-order valence-corrected chi connectivity index (χ0v) is 15.3. The van der Waals surface area contributed by atoms with Crippen LogP contribution in [0.3, 0.4) is 0 Å². The van der Waals surface area contributed by atoms with Gasteiger partial charge in [0.25, 0.3) is 0 Å². The van der Waals surface area contributed by atoms with E-state index in [1.807, 2.05) is 13.0 Å². The van der Waals surface area contributed by atoms with Gasteiger partial charge in [-0.2, -0.15) is 0 Å². The molecule has 0 radical (unpaired) electrons. The molecule has 1 aliphatic heterocycles. The van der Waals surface area contributed by atoms with E-state index in [1.54, 1.807) is 19.1 Å². The Hall–Kier alpha value is -2.14.